The van der Waals surface area contributed by atoms with Crippen LogP contribution in [0.2, 0.25) is 0 Å². The second kappa shape index (κ2) is 8.82. The third kappa shape index (κ3) is 5.98. The second-order valence-corrected chi connectivity index (χ2v) is 5.98. The van der Waals surface area contributed by atoms with Crippen molar-refractivity contribution >= 4 is 11.8 Å². The zero-order valence-electron chi connectivity index (χ0n) is 11.4. The predicted molar refractivity (Wildman–Crippen MR) is 85.8 cm³/mol. The van der Waals surface area contributed by atoms with Gasteiger partial charge in [-0.3, -0.25) is 0 Å². The number of aryl methyl sites for hydroxylation is 1. The van der Waals surface area contributed by atoms with Crippen LogP contribution in [0.25, 0.3) is 0 Å². The molecule has 0 amide bonds. The van der Waals surface area contributed by atoms with Crippen LogP contribution in [-0.4, -0.2) is 5.75 Å². The Hall–Kier alpha value is -1.21. The molecule has 2 aromatic carbocycles. The average Bonchev–Trinajstić information content (AvgIpc) is 2.48. The summed E-state index contributed by atoms with van der Waals surface area (Å²) in [6.45, 7) is 0. The van der Waals surface area contributed by atoms with E-state index in [1.807, 2.05) is 11.8 Å². The van der Waals surface area contributed by atoms with Crippen LogP contribution in [0.15, 0.2) is 65.6 Å². The number of thioether (sulfide) groups is 1. The van der Waals surface area contributed by atoms with Gasteiger partial charge in [0.2, 0.25) is 0 Å². The molecule has 2 rings (SSSR count). The summed E-state index contributed by atoms with van der Waals surface area (Å²) in [6, 6.07) is 21.5. The Bertz CT molecular complexity index is 392. The van der Waals surface area contributed by atoms with Crippen LogP contribution in [0.4, 0.5) is 0 Å². The molecule has 0 N–H and O–H groups in total. The minimum Gasteiger partial charge on any atom is -0.126 e. The van der Waals surface area contributed by atoms with E-state index in [0.717, 1.165) is 0 Å². The smallest absolute Gasteiger partial charge is 0.00719 e. The lowest BCUT2D eigenvalue weighted by atomic mass is 10.1. The summed E-state index contributed by atoms with van der Waals surface area (Å²) in [6.07, 6.45) is 6.58. The first-order valence-corrected chi connectivity index (χ1v) is 8.15. The van der Waals surface area contributed by atoms with Gasteiger partial charge in [-0.2, -0.15) is 0 Å². The molecule has 0 saturated carbocycles. The Morgan fingerprint density at radius 3 is 2.00 bits per heavy atom. The summed E-state index contributed by atoms with van der Waals surface area (Å²) in [4.78, 5) is 1.40. The van der Waals surface area contributed by atoms with E-state index in [9.17, 15) is 0 Å². The highest BCUT2D eigenvalue weighted by Crippen LogP contribution is 2.19. The lowest BCUT2D eigenvalue weighted by molar-refractivity contribution is 0.670. The maximum Gasteiger partial charge on any atom is 0.00719 e. The van der Waals surface area contributed by atoms with Gasteiger partial charge in [0.05, 0.1) is 0 Å². The summed E-state index contributed by atoms with van der Waals surface area (Å²) in [5.41, 5.74) is 1.47. The first-order chi connectivity index (χ1) is 9.45. The summed E-state index contributed by atoms with van der Waals surface area (Å²) in [5, 5.41) is 0. The lowest BCUT2D eigenvalue weighted by Gasteiger charge is -2.03. The summed E-state index contributed by atoms with van der Waals surface area (Å²) in [7, 11) is 0. The molecule has 0 heterocycles. The summed E-state index contributed by atoms with van der Waals surface area (Å²) in [5.74, 6) is 1.25. The maximum atomic E-state index is 2.23. The molecule has 19 heavy (non-hydrogen) atoms. The van der Waals surface area contributed by atoms with Crippen LogP contribution in [0.3, 0.4) is 0 Å². The van der Waals surface area contributed by atoms with Crippen molar-refractivity contribution in [3.8, 4) is 0 Å². The molecule has 0 fully saturated rings. The normalized spacial score (nSPS) is 10.5. The van der Waals surface area contributed by atoms with Crippen molar-refractivity contribution in [1.82, 2.24) is 0 Å². The fourth-order valence-electron chi connectivity index (χ4n) is 2.14. The first-order valence-electron chi connectivity index (χ1n) is 7.17. The maximum absolute atomic E-state index is 2.23. The van der Waals surface area contributed by atoms with Crippen LogP contribution in [0.1, 0.15) is 31.2 Å². The van der Waals surface area contributed by atoms with Crippen molar-refractivity contribution in [3.63, 3.8) is 0 Å². The van der Waals surface area contributed by atoms with E-state index in [-0.39, 0.29) is 0 Å². The van der Waals surface area contributed by atoms with E-state index in [0.29, 0.717) is 0 Å². The lowest BCUT2D eigenvalue weighted by Crippen LogP contribution is -1.86. The number of rotatable bonds is 8. The zero-order valence-corrected chi connectivity index (χ0v) is 12.2. The van der Waals surface area contributed by atoms with Gasteiger partial charge < -0.3 is 0 Å². The summed E-state index contributed by atoms with van der Waals surface area (Å²) >= 11 is 1.97. The Morgan fingerprint density at radius 2 is 1.26 bits per heavy atom. The van der Waals surface area contributed by atoms with Gasteiger partial charge in [0.15, 0.2) is 0 Å². The Morgan fingerprint density at radius 1 is 0.632 bits per heavy atom. The highest BCUT2D eigenvalue weighted by molar-refractivity contribution is 7.99. The molecule has 0 aliphatic rings. The van der Waals surface area contributed by atoms with Crippen LogP contribution >= 0.6 is 11.8 Å². The van der Waals surface area contributed by atoms with Crippen molar-refractivity contribution in [2.24, 2.45) is 0 Å². The topological polar surface area (TPSA) is 0 Å². The second-order valence-electron chi connectivity index (χ2n) is 4.81. The third-order valence-electron chi connectivity index (χ3n) is 3.21. The standard InChI is InChI=1S/C18H22S/c1(5-11-17-12-6-3-7-13-17)2-10-16-19-18-14-8-4-9-15-18/h3-4,6-9,12-15H,1-2,5,10-11,16H2. The van der Waals surface area contributed by atoms with E-state index in [2.05, 4.69) is 60.7 Å². The first kappa shape index (κ1) is 14.2. The Balaban J connectivity index is 1.49. The molecular weight excluding hydrogens is 248 g/mol. The third-order valence-corrected chi connectivity index (χ3v) is 4.31. The number of benzene rings is 2. The molecule has 0 atom stereocenters. The molecular formula is C18H22S. The fourth-order valence-corrected chi connectivity index (χ4v) is 3.07. The fraction of sp³-hybridized carbons (Fsp3) is 0.333. The van der Waals surface area contributed by atoms with Gasteiger partial charge in [-0.1, -0.05) is 61.4 Å². The monoisotopic (exact) mass is 270 g/mol. The van der Waals surface area contributed by atoms with E-state index in [4.69, 9.17) is 0 Å². The molecule has 0 aliphatic heterocycles. The van der Waals surface area contributed by atoms with Crippen molar-refractivity contribution in [2.45, 2.75) is 37.0 Å². The van der Waals surface area contributed by atoms with Gasteiger partial charge in [0, 0.05) is 4.90 Å². The molecule has 0 aromatic heterocycles. The van der Waals surface area contributed by atoms with Gasteiger partial charge in [0.25, 0.3) is 0 Å². The van der Waals surface area contributed by atoms with E-state index in [1.165, 1.54) is 48.3 Å². The van der Waals surface area contributed by atoms with Gasteiger partial charge in [-0.25, -0.2) is 0 Å². The SMILES string of the molecule is c1ccc(CCCCCCSc2ccccc2)cc1. The van der Waals surface area contributed by atoms with E-state index < -0.39 is 0 Å². The molecule has 0 bridgehead atoms. The van der Waals surface area contributed by atoms with Gasteiger partial charge >= 0.3 is 0 Å². The molecule has 1 heteroatoms. The van der Waals surface area contributed by atoms with E-state index >= 15 is 0 Å². The van der Waals surface area contributed by atoms with Crippen molar-refractivity contribution < 1.29 is 0 Å². The van der Waals surface area contributed by atoms with E-state index in [1.54, 1.807) is 0 Å². The van der Waals surface area contributed by atoms with Crippen molar-refractivity contribution in [1.29, 1.82) is 0 Å². The van der Waals surface area contributed by atoms with Crippen LogP contribution in [0.5, 0.6) is 0 Å². The van der Waals surface area contributed by atoms with Gasteiger partial charge in [-0.05, 0) is 42.7 Å². The van der Waals surface area contributed by atoms with Crippen molar-refractivity contribution in [2.75, 3.05) is 5.75 Å². The number of unbranched alkanes of at least 4 members (excludes halogenated alkanes) is 3. The zero-order chi connectivity index (χ0) is 13.2. The minimum atomic E-state index is 1.23. The van der Waals surface area contributed by atoms with Crippen molar-refractivity contribution in [3.05, 3.63) is 66.2 Å². The molecule has 2 aromatic rings. The molecule has 0 nitrogen and oxygen atoms in total. The summed E-state index contributed by atoms with van der Waals surface area (Å²) < 4.78 is 0. The van der Waals surface area contributed by atoms with Crippen LogP contribution in [-0.2, 0) is 6.42 Å². The van der Waals surface area contributed by atoms with Gasteiger partial charge in [0.1, 0.15) is 0 Å². The minimum absolute atomic E-state index is 1.23. The largest absolute Gasteiger partial charge is 0.126 e. The number of hydrogen-bond acceptors (Lipinski definition) is 1. The van der Waals surface area contributed by atoms with Gasteiger partial charge in [-0.15, -0.1) is 11.8 Å². The van der Waals surface area contributed by atoms with Crippen LogP contribution in [0, 0.1) is 0 Å². The highest BCUT2D eigenvalue weighted by Gasteiger charge is 1.95. The average molecular weight is 270 g/mol. The molecule has 0 unspecified atom stereocenters. The Kier molecular flexibility index (Phi) is 6.59. The molecule has 0 radical (unpaired) electrons. The molecule has 0 saturated heterocycles. The molecule has 0 aliphatic carbocycles. The highest BCUT2D eigenvalue weighted by atomic mass is 32.2. The predicted octanol–water partition coefficient (Wildman–Crippen LogP) is 5.58. The Labute approximate surface area is 121 Å². The molecule has 100 valence electrons. The molecule has 0 spiro atoms. The quantitative estimate of drug-likeness (QED) is 0.445. The number of hydrogen-bond donors (Lipinski definition) is 0. The van der Waals surface area contributed by atoms with Crippen LogP contribution < -0.4 is 0 Å².